The molecule has 0 fully saturated rings. The van der Waals surface area contributed by atoms with Crippen molar-refractivity contribution in [1.82, 2.24) is 10.2 Å². The number of hydrogen-bond donors (Lipinski definition) is 1. The van der Waals surface area contributed by atoms with Gasteiger partial charge < -0.3 is 5.32 Å². The van der Waals surface area contributed by atoms with Crippen LogP contribution >= 0.6 is 23.1 Å². The van der Waals surface area contributed by atoms with Gasteiger partial charge in [0.05, 0.1) is 5.75 Å². The molecule has 0 spiro atoms. The summed E-state index contributed by atoms with van der Waals surface area (Å²) in [6.07, 6.45) is 5.11. The van der Waals surface area contributed by atoms with Crippen LogP contribution in [-0.2, 0) is 11.2 Å². The third-order valence-corrected chi connectivity index (χ3v) is 5.99. The molecule has 0 aliphatic heterocycles. The van der Waals surface area contributed by atoms with Gasteiger partial charge >= 0.3 is 0 Å². The van der Waals surface area contributed by atoms with Gasteiger partial charge in [0.15, 0.2) is 10.1 Å². The molecule has 0 saturated heterocycles. The molecule has 0 bridgehead atoms. The van der Waals surface area contributed by atoms with E-state index >= 15 is 0 Å². The van der Waals surface area contributed by atoms with Gasteiger partial charge in [-0.25, -0.2) is 0 Å². The molecule has 28 heavy (non-hydrogen) atoms. The first kappa shape index (κ1) is 22.6. The van der Waals surface area contributed by atoms with Crippen molar-refractivity contribution < 1.29 is 9.59 Å². The van der Waals surface area contributed by atoms with E-state index in [0.717, 1.165) is 12.0 Å². The molecule has 0 aliphatic rings. The van der Waals surface area contributed by atoms with Crippen LogP contribution < -0.4 is 5.32 Å². The zero-order valence-corrected chi connectivity index (χ0v) is 18.7. The van der Waals surface area contributed by atoms with Crippen molar-refractivity contribution in [3.05, 3.63) is 35.4 Å². The largest absolute Gasteiger partial charge is 0.300 e. The molecular weight excluding hydrogens is 390 g/mol. The Morgan fingerprint density at radius 3 is 2.46 bits per heavy atom. The van der Waals surface area contributed by atoms with E-state index in [2.05, 4.69) is 22.4 Å². The normalized spacial score (nSPS) is 11.4. The third-order valence-electron chi connectivity index (χ3n) is 4.02. The van der Waals surface area contributed by atoms with Crippen LogP contribution in [0.25, 0.3) is 0 Å². The number of thioether (sulfide) groups is 1. The van der Waals surface area contributed by atoms with E-state index in [-0.39, 0.29) is 17.1 Å². The number of Topliss-reactive ketones (excluding diaryl/α,β-unsaturated/α-hetero) is 1. The number of rotatable bonds is 10. The standard InChI is InChI=1S/C21H29N3O2S2/c1-5-6-7-8-15-9-11-16(12-10-15)17(25)14-27-20-24-23-19(28-20)22-18(26)13-21(2,3)4/h9-12H,5-8,13-14H2,1-4H3,(H,22,23,26). The monoisotopic (exact) mass is 419 g/mol. The van der Waals surface area contributed by atoms with Crippen molar-refractivity contribution in [1.29, 1.82) is 0 Å². The Labute approximate surface area is 175 Å². The summed E-state index contributed by atoms with van der Waals surface area (Å²) in [7, 11) is 0. The van der Waals surface area contributed by atoms with Crippen molar-refractivity contribution in [3.63, 3.8) is 0 Å². The summed E-state index contributed by atoms with van der Waals surface area (Å²) in [6.45, 7) is 8.23. The number of unbranched alkanes of at least 4 members (excludes halogenated alkanes) is 2. The molecular formula is C21H29N3O2S2. The summed E-state index contributed by atoms with van der Waals surface area (Å²) in [4.78, 5) is 24.4. The van der Waals surface area contributed by atoms with Gasteiger partial charge in [0.25, 0.3) is 0 Å². The quantitative estimate of drug-likeness (QED) is 0.234. The fourth-order valence-corrected chi connectivity index (χ4v) is 4.27. The lowest BCUT2D eigenvalue weighted by Gasteiger charge is -2.16. The van der Waals surface area contributed by atoms with Crippen LogP contribution in [0.5, 0.6) is 0 Å². The Kier molecular flexibility index (Phi) is 8.63. The van der Waals surface area contributed by atoms with E-state index in [4.69, 9.17) is 0 Å². The molecule has 1 N–H and O–H groups in total. The van der Waals surface area contributed by atoms with E-state index in [1.807, 2.05) is 45.0 Å². The van der Waals surface area contributed by atoms with E-state index in [0.29, 0.717) is 21.6 Å². The summed E-state index contributed by atoms with van der Waals surface area (Å²) < 4.78 is 0.676. The Balaban J connectivity index is 1.81. The zero-order valence-electron chi connectivity index (χ0n) is 17.1. The van der Waals surface area contributed by atoms with Crippen LogP contribution in [0.2, 0.25) is 0 Å². The molecule has 0 aliphatic carbocycles. The maximum atomic E-state index is 12.4. The third kappa shape index (κ3) is 8.10. The molecule has 7 heteroatoms. The molecule has 1 amide bonds. The Bertz CT molecular complexity index is 780. The number of nitrogens with zero attached hydrogens (tertiary/aromatic N) is 2. The summed E-state index contributed by atoms with van der Waals surface area (Å²) in [6, 6.07) is 7.90. The van der Waals surface area contributed by atoms with Crippen molar-refractivity contribution in [2.75, 3.05) is 11.1 Å². The number of carbonyl (C=O) groups excluding carboxylic acids is 2. The average Bonchev–Trinajstić information content (AvgIpc) is 3.06. The SMILES string of the molecule is CCCCCc1ccc(C(=O)CSc2nnc(NC(=O)CC(C)(C)C)s2)cc1. The molecule has 2 aromatic rings. The highest BCUT2D eigenvalue weighted by atomic mass is 32.2. The van der Waals surface area contributed by atoms with Crippen LogP contribution in [0.3, 0.4) is 0 Å². The Morgan fingerprint density at radius 2 is 1.82 bits per heavy atom. The lowest BCUT2D eigenvalue weighted by atomic mass is 9.92. The van der Waals surface area contributed by atoms with Gasteiger partial charge in [-0.3, -0.25) is 9.59 Å². The minimum Gasteiger partial charge on any atom is -0.300 e. The van der Waals surface area contributed by atoms with Gasteiger partial charge in [-0.1, -0.05) is 87.9 Å². The second-order valence-corrected chi connectivity index (χ2v) is 10.2. The van der Waals surface area contributed by atoms with Gasteiger partial charge in [-0.2, -0.15) is 0 Å². The number of aromatic nitrogens is 2. The molecule has 1 aromatic heterocycles. The van der Waals surface area contributed by atoms with Crippen molar-refractivity contribution in [3.8, 4) is 0 Å². The van der Waals surface area contributed by atoms with Crippen LogP contribution in [0.15, 0.2) is 28.6 Å². The zero-order chi connectivity index (χ0) is 20.6. The molecule has 1 heterocycles. The first-order chi connectivity index (χ1) is 13.3. The number of anilines is 1. The summed E-state index contributed by atoms with van der Waals surface area (Å²) in [5.74, 6) is 0.300. The van der Waals surface area contributed by atoms with E-state index in [1.165, 1.54) is 47.9 Å². The maximum absolute atomic E-state index is 12.4. The van der Waals surface area contributed by atoms with Gasteiger partial charge in [0.1, 0.15) is 0 Å². The summed E-state index contributed by atoms with van der Waals surface area (Å²) >= 11 is 2.64. The molecule has 1 aromatic carbocycles. The predicted molar refractivity (Wildman–Crippen MR) is 117 cm³/mol. The molecule has 0 radical (unpaired) electrons. The second-order valence-electron chi connectivity index (χ2n) is 8.02. The fourth-order valence-electron chi connectivity index (χ4n) is 2.61. The minimum atomic E-state index is -0.0790. The molecule has 0 saturated carbocycles. The maximum Gasteiger partial charge on any atom is 0.226 e. The number of benzene rings is 1. The highest BCUT2D eigenvalue weighted by molar-refractivity contribution is 8.01. The Hall–Kier alpha value is -1.73. The second kappa shape index (κ2) is 10.7. The van der Waals surface area contributed by atoms with Gasteiger partial charge in [0.2, 0.25) is 11.0 Å². The highest BCUT2D eigenvalue weighted by Crippen LogP contribution is 2.27. The predicted octanol–water partition coefficient (Wildman–Crippen LogP) is 5.62. The smallest absolute Gasteiger partial charge is 0.226 e. The number of amides is 1. The highest BCUT2D eigenvalue weighted by Gasteiger charge is 2.17. The van der Waals surface area contributed by atoms with Crippen LogP contribution in [0.1, 0.15) is 69.3 Å². The summed E-state index contributed by atoms with van der Waals surface area (Å²) in [5.41, 5.74) is 1.91. The molecule has 152 valence electrons. The fraction of sp³-hybridized carbons (Fsp3) is 0.524. The van der Waals surface area contributed by atoms with Gasteiger partial charge in [-0.05, 0) is 23.8 Å². The van der Waals surface area contributed by atoms with Crippen molar-refractivity contribution >= 4 is 39.9 Å². The average molecular weight is 420 g/mol. The number of hydrogen-bond acceptors (Lipinski definition) is 6. The lowest BCUT2D eigenvalue weighted by Crippen LogP contribution is -2.19. The van der Waals surface area contributed by atoms with Gasteiger partial charge in [0, 0.05) is 12.0 Å². The van der Waals surface area contributed by atoms with Gasteiger partial charge in [-0.15, -0.1) is 10.2 Å². The van der Waals surface area contributed by atoms with Crippen molar-refractivity contribution in [2.24, 2.45) is 5.41 Å². The minimum absolute atomic E-state index is 0.0682. The van der Waals surface area contributed by atoms with E-state index in [9.17, 15) is 9.59 Å². The number of aryl methyl sites for hydroxylation is 1. The van der Waals surface area contributed by atoms with E-state index < -0.39 is 0 Å². The van der Waals surface area contributed by atoms with Crippen LogP contribution in [-0.4, -0.2) is 27.6 Å². The first-order valence-electron chi connectivity index (χ1n) is 9.65. The number of ketones is 1. The lowest BCUT2D eigenvalue weighted by molar-refractivity contribution is -0.117. The molecule has 2 rings (SSSR count). The number of carbonyl (C=O) groups is 2. The van der Waals surface area contributed by atoms with E-state index in [1.54, 1.807) is 0 Å². The summed E-state index contributed by atoms with van der Waals surface area (Å²) in [5, 5.41) is 11.3. The molecule has 0 unspecified atom stereocenters. The molecule has 0 atom stereocenters. The topological polar surface area (TPSA) is 72.0 Å². The number of nitrogens with one attached hydrogen (secondary N) is 1. The first-order valence-corrected chi connectivity index (χ1v) is 11.5. The molecule has 5 nitrogen and oxygen atoms in total. The van der Waals surface area contributed by atoms with Crippen molar-refractivity contribution in [2.45, 2.75) is 64.1 Å². The Morgan fingerprint density at radius 1 is 1.11 bits per heavy atom. The van der Waals surface area contributed by atoms with Crippen LogP contribution in [0.4, 0.5) is 5.13 Å². The van der Waals surface area contributed by atoms with Crippen LogP contribution in [0, 0.1) is 5.41 Å².